The van der Waals surface area contributed by atoms with E-state index in [1.807, 2.05) is 12.1 Å². The second kappa shape index (κ2) is 8.22. The smallest absolute Gasteiger partial charge is 0.416 e. The van der Waals surface area contributed by atoms with E-state index in [2.05, 4.69) is 10.4 Å². The summed E-state index contributed by atoms with van der Waals surface area (Å²) >= 11 is 0. The number of carbonyl (C=O) groups is 1. The minimum Gasteiger partial charge on any atom is -0.497 e. The average Bonchev–Trinajstić information content (AvgIpc) is 3.20. The summed E-state index contributed by atoms with van der Waals surface area (Å²) in [5.41, 5.74) is 0.257. The summed E-state index contributed by atoms with van der Waals surface area (Å²) in [4.78, 5) is 25.1. The van der Waals surface area contributed by atoms with Gasteiger partial charge in [0.25, 0.3) is 5.56 Å². The largest absolute Gasteiger partial charge is 0.497 e. The Hall–Kier alpha value is -4.08. The molecule has 4 aromatic rings. The number of carbonyl (C=O) groups excluding carboxylic acids is 1. The van der Waals surface area contributed by atoms with Crippen molar-refractivity contribution in [2.24, 2.45) is 0 Å². The standard InChI is InChI=1S/C22H17F3N4O3/c1-32-17-7-5-14(6-8-17)18-12-19-21(31)28(9-10-29(19)27-18)13-20(30)26-16-4-2-3-15(11-16)22(23,24)25/h2-12H,13H2,1H3,(H,26,30). The van der Waals surface area contributed by atoms with Crippen molar-refractivity contribution in [1.29, 1.82) is 0 Å². The highest BCUT2D eigenvalue weighted by atomic mass is 19.4. The zero-order valence-corrected chi connectivity index (χ0v) is 16.8. The topological polar surface area (TPSA) is 77.6 Å². The summed E-state index contributed by atoms with van der Waals surface area (Å²) < 4.78 is 46.2. The number of aromatic nitrogens is 3. The van der Waals surface area contributed by atoms with Gasteiger partial charge in [-0.15, -0.1) is 0 Å². The van der Waals surface area contributed by atoms with Gasteiger partial charge in [0.2, 0.25) is 5.91 Å². The van der Waals surface area contributed by atoms with Gasteiger partial charge in [-0.1, -0.05) is 6.07 Å². The van der Waals surface area contributed by atoms with Gasteiger partial charge in [-0.05, 0) is 48.5 Å². The highest BCUT2D eigenvalue weighted by Crippen LogP contribution is 2.30. The first-order chi connectivity index (χ1) is 15.2. The van der Waals surface area contributed by atoms with E-state index in [4.69, 9.17) is 4.74 Å². The number of amides is 1. The maximum absolute atomic E-state index is 12.8. The Kier molecular flexibility index (Phi) is 5.43. The molecule has 0 spiro atoms. The van der Waals surface area contributed by atoms with Crippen molar-refractivity contribution < 1.29 is 22.7 Å². The van der Waals surface area contributed by atoms with Crippen LogP contribution in [0.15, 0.2) is 71.8 Å². The number of nitrogens with zero attached hydrogens (tertiary/aromatic N) is 3. The molecule has 0 saturated heterocycles. The zero-order chi connectivity index (χ0) is 22.9. The van der Waals surface area contributed by atoms with Crippen molar-refractivity contribution in [3.05, 3.63) is 82.9 Å². The van der Waals surface area contributed by atoms with Gasteiger partial charge in [0.1, 0.15) is 17.8 Å². The van der Waals surface area contributed by atoms with E-state index in [-0.39, 0.29) is 17.7 Å². The second-order valence-corrected chi connectivity index (χ2v) is 6.95. The maximum atomic E-state index is 12.8. The van der Waals surface area contributed by atoms with E-state index < -0.39 is 23.2 Å². The van der Waals surface area contributed by atoms with Gasteiger partial charge in [0.15, 0.2) is 0 Å². The molecule has 0 bridgehead atoms. The number of alkyl halides is 3. The monoisotopic (exact) mass is 442 g/mol. The Morgan fingerprint density at radius 3 is 2.53 bits per heavy atom. The van der Waals surface area contributed by atoms with Crippen LogP contribution in [-0.4, -0.2) is 27.2 Å². The Balaban J connectivity index is 1.55. The first kappa shape index (κ1) is 21.2. The van der Waals surface area contributed by atoms with Crippen LogP contribution in [0.2, 0.25) is 0 Å². The molecule has 1 amide bonds. The van der Waals surface area contributed by atoms with Crippen LogP contribution in [0.4, 0.5) is 18.9 Å². The molecule has 2 aromatic carbocycles. The van der Waals surface area contributed by atoms with E-state index in [1.54, 1.807) is 25.3 Å². The molecule has 0 unspecified atom stereocenters. The molecule has 0 aliphatic carbocycles. The Morgan fingerprint density at radius 2 is 1.84 bits per heavy atom. The minimum absolute atomic E-state index is 0.00917. The fourth-order valence-electron chi connectivity index (χ4n) is 3.18. The van der Waals surface area contributed by atoms with E-state index in [0.717, 1.165) is 22.3 Å². The number of anilines is 1. The minimum atomic E-state index is -4.52. The van der Waals surface area contributed by atoms with Crippen molar-refractivity contribution in [2.75, 3.05) is 12.4 Å². The molecule has 1 N–H and O–H groups in total. The highest BCUT2D eigenvalue weighted by Gasteiger charge is 2.30. The SMILES string of the molecule is COc1ccc(-c2cc3c(=O)n(CC(=O)Nc4cccc(C(F)(F)F)c4)ccn3n2)cc1. The van der Waals surface area contributed by atoms with Crippen molar-refractivity contribution in [3.8, 4) is 17.0 Å². The fraction of sp³-hybridized carbons (Fsp3) is 0.136. The van der Waals surface area contributed by atoms with E-state index >= 15 is 0 Å². The van der Waals surface area contributed by atoms with Gasteiger partial charge in [0.05, 0.1) is 18.4 Å². The quantitative estimate of drug-likeness (QED) is 0.510. The molecule has 0 aliphatic rings. The van der Waals surface area contributed by atoms with Crippen LogP contribution in [0.25, 0.3) is 16.8 Å². The number of benzene rings is 2. The summed E-state index contributed by atoms with van der Waals surface area (Å²) in [6.07, 6.45) is -1.60. The van der Waals surface area contributed by atoms with Gasteiger partial charge in [0, 0.05) is 23.6 Å². The molecule has 0 fully saturated rings. The summed E-state index contributed by atoms with van der Waals surface area (Å²) in [6, 6.07) is 13.1. The lowest BCUT2D eigenvalue weighted by atomic mass is 10.1. The summed E-state index contributed by atoms with van der Waals surface area (Å²) in [6.45, 7) is -0.366. The maximum Gasteiger partial charge on any atom is 0.416 e. The van der Waals surface area contributed by atoms with Gasteiger partial charge in [-0.3, -0.25) is 9.59 Å². The molecule has 0 atom stereocenters. The van der Waals surface area contributed by atoms with Crippen LogP contribution >= 0.6 is 0 Å². The molecule has 0 radical (unpaired) electrons. The lowest BCUT2D eigenvalue weighted by molar-refractivity contribution is -0.137. The normalized spacial score (nSPS) is 11.5. The molecule has 164 valence electrons. The number of halogens is 3. The molecule has 2 heterocycles. The van der Waals surface area contributed by atoms with E-state index in [1.165, 1.54) is 29.0 Å². The Labute approximate surface area is 179 Å². The van der Waals surface area contributed by atoms with E-state index in [9.17, 15) is 22.8 Å². The van der Waals surface area contributed by atoms with Crippen LogP contribution in [0.5, 0.6) is 5.75 Å². The lowest BCUT2D eigenvalue weighted by Crippen LogP contribution is -2.28. The zero-order valence-electron chi connectivity index (χ0n) is 16.8. The average molecular weight is 442 g/mol. The first-order valence-corrected chi connectivity index (χ1v) is 9.45. The number of hydrogen-bond acceptors (Lipinski definition) is 4. The molecule has 0 saturated carbocycles. The Morgan fingerprint density at radius 1 is 1.09 bits per heavy atom. The van der Waals surface area contributed by atoms with Gasteiger partial charge in [-0.25, -0.2) is 4.52 Å². The Bertz CT molecular complexity index is 1340. The van der Waals surface area contributed by atoms with E-state index in [0.29, 0.717) is 11.4 Å². The first-order valence-electron chi connectivity index (χ1n) is 9.45. The van der Waals surface area contributed by atoms with Crippen molar-refractivity contribution in [1.82, 2.24) is 14.2 Å². The van der Waals surface area contributed by atoms with Crippen LogP contribution in [0.1, 0.15) is 5.56 Å². The molecule has 2 aromatic heterocycles. The number of ether oxygens (including phenoxy) is 1. The third kappa shape index (κ3) is 4.34. The lowest BCUT2D eigenvalue weighted by Gasteiger charge is -2.10. The highest BCUT2D eigenvalue weighted by molar-refractivity contribution is 5.90. The van der Waals surface area contributed by atoms with Gasteiger partial charge in [-0.2, -0.15) is 18.3 Å². The molecular weight excluding hydrogens is 425 g/mol. The molecule has 7 nitrogen and oxygen atoms in total. The number of rotatable bonds is 5. The number of nitrogens with one attached hydrogen (secondary N) is 1. The van der Waals surface area contributed by atoms with Gasteiger partial charge >= 0.3 is 6.18 Å². The van der Waals surface area contributed by atoms with Crippen LogP contribution in [0, 0.1) is 0 Å². The molecule has 4 rings (SSSR count). The van der Waals surface area contributed by atoms with Crippen molar-refractivity contribution in [2.45, 2.75) is 12.7 Å². The molecule has 32 heavy (non-hydrogen) atoms. The third-order valence-corrected chi connectivity index (χ3v) is 4.78. The predicted molar refractivity (Wildman–Crippen MR) is 112 cm³/mol. The molecular formula is C22H17F3N4O3. The summed E-state index contributed by atoms with van der Waals surface area (Å²) in [7, 11) is 1.56. The summed E-state index contributed by atoms with van der Waals surface area (Å²) in [5.74, 6) is 0.0531. The third-order valence-electron chi connectivity index (χ3n) is 4.78. The second-order valence-electron chi connectivity index (χ2n) is 6.95. The number of hydrogen-bond donors (Lipinski definition) is 1. The van der Waals surface area contributed by atoms with Gasteiger partial charge < -0.3 is 14.6 Å². The van der Waals surface area contributed by atoms with Crippen molar-refractivity contribution in [3.63, 3.8) is 0 Å². The van der Waals surface area contributed by atoms with Crippen molar-refractivity contribution >= 4 is 17.1 Å². The molecule has 0 aliphatic heterocycles. The number of fused-ring (bicyclic) bond motifs is 1. The fourth-order valence-corrected chi connectivity index (χ4v) is 3.18. The molecule has 10 heteroatoms. The predicted octanol–water partition coefficient (Wildman–Crippen LogP) is 3.83. The number of methoxy groups -OCH3 is 1. The summed E-state index contributed by atoms with van der Waals surface area (Å²) in [5, 5.41) is 6.76. The van der Waals surface area contributed by atoms with Crippen LogP contribution in [0.3, 0.4) is 0 Å². The van der Waals surface area contributed by atoms with Crippen LogP contribution < -0.4 is 15.6 Å². The van der Waals surface area contributed by atoms with Crippen LogP contribution in [-0.2, 0) is 17.5 Å².